The molecular formula is C23H35ClN2O3. The van der Waals surface area contributed by atoms with Gasteiger partial charge in [0.1, 0.15) is 6.10 Å². The molecule has 3 atom stereocenters. The maximum absolute atomic E-state index is 13.5. The maximum atomic E-state index is 13.5. The quantitative estimate of drug-likeness (QED) is 0.714. The van der Waals surface area contributed by atoms with Gasteiger partial charge in [0.05, 0.1) is 6.04 Å². The van der Waals surface area contributed by atoms with Gasteiger partial charge in [-0.1, -0.05) is 43.2 Å². The lowest BCUT2D eigenvalue weighted by molar-refractivity contribution is -0.194. The fraction of sp³-hybridized carbons (Fsp3) is 0.696. The van der Waals surface area contributed by atoms with Crippen molar-refractivity contribution in [1.82, 2.24) is 9.80 Å². The monoisotopic (exact) mass is 422 g/mol. The summed E-state index contributed by atoms with van der Waals surface area (Å²) in [6, 6.07) is 9.66. The molecule has 1 N–H and O–H groups in total. The lowest BCUT2D eigenvalue weighted by Gasteiger charge is -2.51. The first-order valence-corrected chi connectivity index (χ1v) is 10.9. The van der Waals surface area contributed by atoms with E-state index in [1.165, 1.54) is 0 Å². The van der Waals surface area contributed by atoms with Gasteiger partial charge in [-0.3, -0.25) is 4.90 Å². The minimum atomic E-state index is -1.54. The van der Waals surface area contributed by atoms with E-state index in [0.717, 1.165) is 58.2 Å². The van der Waals surface area contributed by atoms with Crippen LogP contribution in [0.1, 0.15) is 44.1 Å². The van der Waals surface area contributed by atoms with Crippen LogP contribution < -0.4 is 0 Å². The van der Waals surface area contributed by atoms with Crippen LogP contribution in [0.2, 0.25) is 0 Å². The first kappa shape index (κ1) is 22.5. The largest absolute Gasteiger partial charge is 0.458 e. The molecule has 29 heavy (non-hydrogen) atoms. The number of rotatable bonds is 6. The molecule has 1 aromatic carbocycles. The highest BCUT2D eigenvalue weighted by Crippen LogP contribution is 2.43. The van der Waals surface area contributed by atoms with Crippen molar-refractivity contribution in [3.63, 3.8) is 0 Å². The van der Waals surface area contributed by atoms with Gasteiger partial charge in [-0.2, -0.15) is 0 Å². The van der Waals surface area contributed by atoms with Crippen LogP contribution in [0.3, 0.4) is 0 Å². The molecule has 0 aromatic heterocycles. The van der Waals surface area contributed by atoms with E-state index >= 15 is 0 Å². The molecule has 5 rings (SSSR count). The maximum Gasteiger partial charge on any atom is 0.343 e. The third kappa shape index (κ3) is 4.34. The van der Waals surface area contributed by atoms with Crippen molar-refractivity contribution >= 4 is 18.4 Å². The van der Waals surface area contributed by atoms with Gasteiger partial charge in [0.25, 0.3) is 0 Å². The minimum absolute atomic E-state index is 0. The summed E-state index contributed by atoms with van der Waals surface area (Å²) in [5.41, 5.74) is -0.857. The molecule has 162 valence electrons. The molecule has 2 bridgehead atoms. The Morgan fingerprint density at radius 3 is 2.34 bits per heavy atom. The number of carbonyl (C=O) groups is 1. The number of ether oxygens (including phenoxy) is 1. The van der Waals surface area contributed by atoms with Crippen LogP contribution in [-0.2, 0) is 15.1 Å². The van der Waals surface area contributed by atoms with Crippen molar-refractivity contribution in [2.45, 2.75) is 56.3 Å². The predicted octanol–water partition coefficient (Wildman–Crippen LogP) is 3.05. The standard InChI is InChI=1S/C23H34N2O3.ClH/c1-24(2)16-20-21(17-12-14-25(20)15-13-17)28-22(26)23(27,19-10-6-7-11-19)18-8-4-3-5-9-18;/h3-5,8-9,17,19-21,27H,6-7,10-16H2,1-2H3;1H. The van der Waals surface area contributed by atoms with Gasteiger partial charge >= 0.3 is 5.97 Å². The number of fused-ring (bicyclic) bond motifs is 3. The Labute approximate surface area is 180 Å². The first-order chi connectivity index (χ1) is 13.5. The lowest BCUT2D eigenvalue weighted by atomic mass is 9.78. The number of aliphatic hydroxyl groups is 1. The van der Waals surface area contributed by atoms with Crippen molar-refractivity contribution in [3.05, 3.63) is 35.9 Å². The number of hydrogen-bond donors (Lipinski definition) is 1. The van der Waals surface area contributed by atoms with Crippen molar-refractivity contribution in [1.29, 1.82) is 0 Å². The van der Waals surface area contributed by atoms with Crippen LogP contribution in [-0.4, -0.2) is 66.8 Å². The second kappa shape index (κ2) is 9.34. The summed E-state index contributed by atoms with van der Waals surface area (Å²) in [6.07, 6.45) is 5.91. The Bertz CT molecular complexity index is 672. The highest BCUT2D eigenvalue weighted by atomic mass is 35.5. The number of likely N-dealkylation sites (N-methyl/N-ethyl adjacent to an activating group) is 1. The number of nitrogens with zero attached hydrogens (tertiary/aromatic N) is 2. The van der Waals surface area contributed by atoms with E-state index in [4.69, 9.17) is 4.74 Å². The van der Waals surface area contributed by atoms with Crippen molar-refractivity contribution in [2.75, 3.05) is 33.7 Å². The second-order valence-corrected chi connectivity index (χ2v) is 9.19. The zero-order valence-electron chi connectivity index (χ0n) is 17.6. The van der Waals surface area contributed by atoms with Crippen LogP contribution in [0, 0.1) is 11.8 Å². The summed E-state index contributed by atoms with van der Waals surface area (Å²) in [6.45, 7) is 3.05. The molecule has 3 saturated heterocycles. The van der Waals surface area contributed by atoms with Crippen LogP contribution in [0.15, 0.2) is 30.3 Å². The summed E-state index contributed by atoms with van der Waals surface area (Å²) in [7, 11) is 4.14. The zero-order chi connectivity index (χ0) is 19.7. The number of esters is 1. The molecule has 0 amide bonds. The number of halogens is 1. The van der Waals surface area contributed by atoms with Gasteiger partial charge in [-0.25, -0.2) is 4.79 Å². The highest BCUT2D eigenvalue weighted by Gasteiger charge is 2.51. The van der Waals surface area contributed by atoms with Crippen LogP contribution >= 0.6 is 12.4 Å². The Balaban J connectivity index is 0.00000240. The Morgan fingerprint density at radius 1 is 1.14 bits per heavy atom. The van der Waals surface area contributed by atoms with Crippen molar-refractivity contribution in [3.8, 4) is 0 Å². The van der Waals surface area contributed by atoms with E-state index in [1.54, 1.807) is 0 Å². The summed E-state index contributed by atoms with van der Waals surface area (Å²) in [5, 5.41) is 11.7. The molecule has 1 aliphatic carbocycles. The van der Waals surface area contributed by atoms with E-state index in [0.29, 0.717) is 11.5 Å². The molecule has 5 nitrogen and oxygen atoms in total. The molecule has 4 fully saturated rings. The molecule has 0 spiro atoms. The number of benzene rings is 1. The van der Waals surface area contributed by atoms with Gasteiger partial charge < -0.3 is 14.7 Å². The fourth-order valence-corrected chi connectivity index (χ4v) is 5.64. The van der Waals surface area contributed by atoms with Crippen molar-refractivity contribution < 1.29 is 14.6 Å². The van der Waals surface area contributed by atoms with E-state index in [-0.39, 0.29) is 30.5 Å². The molecule has 3 heterocycles. The van der Waals surface area contributed by atoms with E-state index in [2.05, 4.69) is 23.9 Å². The summed E-state index contributed by atoms with van der Waals surface area (Å²) in [4.78, 5) is 18.2. The number of piperidine rings is 3. The third-order valence-corrected chi connectivity index (χ3v) is 7.15. The molecule has 1 saturated carbocycles. The van der Waals surface area contributed by atoms with Crippen LogP contribution in [0.4, 0.5) is 0 Å². The van der Waals surface area contributed by atoms with E-state index in [1.807, 2.05) is 30.3 Å². The van der Waals surface area contributed by atoms with Crippen LogP contribution in [0.25, 0.3) is 0 Å². The van der Waals surface area contributed by atoms with Gasteiger partial charge in [0, 0.05) is 12.5 Å². The molecule has 4 aliphatic rings. The molecule has 3 unspecified atom stereocenters. The van der Waals surface area contributed by atoms with E-state index in [9.17, 15) is 9.90 Å². The Kier molecular flexibility index (Phi) is 7.26. The summed E-state index contributed by atoms with van der Waals surface area (Å²) < 4.78 is 6.21. The predicted molar refractivity (Wildman–Crippen MR) is 116 cm³/mol. The van der Waals surface area contributed by atoms with E-state index < -0.39 is 11.6 Å². The number of hydrogen-bond acceptors (Lipinski definition) is 5. The topological polar surface area (TPSA) is 53.0 Å². The Morgan fingerprint density at radius 2 is 1.76 bits per heavy atom. The molecule has 3 aliphatic heterocycles. The SMILES string of the molecule is CN(C)CC1C(OC(=O)C(O)(c2ccccc2)C2CCCC2)C2CCN1CC2.Cl. The molecular weight excluding hydrogens is 388 g/mol. The average molecular weight is 423 g/mol. The van der Waals surface area contributed by atoms with Gasteiger partial charge in [-0.15, -0.1) is 12.4 Å². The number of carbonyl (C=O) groups excluding carboxylic acids is 1. The van der Waals surface area contributed by atoms with Crippen molar-refractivity contribution in [2.24, 2.45) is 11.8 Å². The molecule has 1 aromatic rings. The molecule has 0 radical (unpaired) electrons. The Hall–Kier alpha value is -1.14. The second-order valence-electron chi connectivity index (χ2n) is 9.19. The highest BCUT2D eigenvalue weighted by molar-refractivity contribution is 5.85. The normalized spacial score (nSPS) is 31.3. The van der Waals surface area contributed by atoms with Gasteiger partial charge in [0.15, 0.2) is 5.60 Å². The van der Waals surface area contributed by atoms with Crippen LogP contribution in [0.5, 0.6) is 0 Å². The zero-order valence-corrected chi connectivity index (χ0v) is 18.4. The third-order valence-electron chi connectivity index (χ3n) is 7.15. The molecule has 6 heteroatoms. The average Bonchev–Trinajstić information content (AvgIpc) is 3.25. The first-order valence-electron chi connectivity index (χ1n) is 10.9. The smallest absolute Gasteiger partial charge is 0.343 e. The van der Waals surface area contributed by atoms with Gasteiger partial charge in [0.2, 0.25) is 0 Å². The fourth-order valence-electron chi connectivity index (χ4n) is 5.64. The summed E-state index contributed by atoms with van der Waals surface area (Å²) >= 11 is 0. The minimum Gasteiger partial charge on any atom is -0.458 e. The summed E-state index contributed by atoms with van der Waals surface area (Å²) in [5.74, 6) is -0.0913. The van der Waals surface area contributed by atoms with Gasteiger partial charge in [-0.05, 0) is 64.3 Å². The lowest BCUT2D eigenvalue weighted by Crippen LogP contribution is -2.62.